The maximum atomic E-state index is 12.1. The van der Waals surface area contributed by atoms with E-state index < -0.39 is 30.4 Å². The SMILES string of the molecule is CCOC(=O)NC1CC[C@@H](C(=O)OC(C)C)N1C(=O)OCC. The van der Waals surface area contributed by atoms with Crippen molar-refractivity contribution in [2.45, 2.75) is 58.8 Å². The summed E-state index contributed by atoms with van der Waals surface area (Å²) in [6.45, 7) is 7.21. The van der Waals surface area contributed by atoms with Crippen molar-refractivity contribution in [1.82, 2.24) is 10.2 Å². The first-order valence-corrected chi connectivity index (χ1v) is 7.49. The number of hydrogen-bond acceptors (Lipinski definition) is 6. The molecule has 0 radical (unpaired) electrons. The molecule has 0 aliphatic carbocycles. The lowest BCUT2D eigenvalue weighted by Crippen LogP contribution is -2.52. The molecule has 126 valence electrons. The second kappa shape index (κ2) is 8.45. The van der Waals surface area contributed by atoms with Gasteiger partial charge in [-0.05, 0) is 40.5 Å². The van der Waals surface area contributed by atoms with Crippen molar-refractivity contribution in [1.29, 1.82) is 0 Å². The number of nitrogens with one attached hydrogen (secondary N) is 1. The number of nitrogens with zero attached hydrogens (tertiary/aromatic N) is 1. The molecule has 0 saturated carbocycles. The number of carbonyl (C=O) groups excluding carboxylic acids is 3. The van der Waals surface area contributed by atoms with Gasteiger partial charge < -0.3 is 19.5 Å². The maximum absolute atomic E-state index is 12.1. The fourth-order valence-electron chi connectivity index (χ4n) is 2.26. The first-order valence-electron chi connectivity index (χ1n) is 7.49. The van der Waals surface area contributed by atoms with Gasteiger partial charge in [0.1, 0.15) is 12.2 Å². The molecule has 2 atom stereocenters. The quantitative estimate of drug-likeness (QED) is 0.612. The molecule has 1 heterocycles. The first kappa shape index (κ1) is 18.1. The fourth-order valence-corrected chi connectivity index (χ4v) is 2.26. The number of amides is 2. The summed E-state index contributed by atoms with van der Waals surface area (Å²) in [7, 11) is 0. The van der Waals surface area contributed by atoms with Gasteiger partial charge >= 0.3 is 18.2 Å². The van der Waals surface area contributed by atoms with Crippen molar-refractivity contribution in [2.24, 2.45) is 0 Å². The van der Waals surface area contributed by atoms with Gasteiger partial charge in [0, 0.05) is 0 Å². The lowest BCUT2D eigenvalue weighted by atomic mass is 10.2. The minimum atomic E-state index is -0.770. The number of hydrogen-bond donors (Lipinski definition) is 1. The predicted molar refractivity (Wildman–Crippen MR) is 77.1 cm³/mol. The number of ether oxygens (including phenoxy) is 3. The van der Waals surface area contributed by atoms with Gasteiger partial charge in [0.15, 0.2) is 0 Å². The van der Waals surface area contributed by atoms with Crippen LogP contribution in [0.4, 0.5) is 9.59 Å². The molecule has 0 aromatic rings. The van der Waals surface area contributed by atoms with Crippen LogP contribution in [0.25, 0.3) is 0 Å². The molecule has 22 heavy (non-hydrogen) atoms. The topological polar surface area (TPSA) is 94.2 Å². The zero-order valence-electron chi connectivity index (χ0n) is 13.5. The van der Waals surface area contributed by atoms with Crippen molar-refractivity contribution >= 4 is 18.2 Å². The lowest BCUT2D eigenvalue weighted by Gasteiger charge is -2.28. The summed E-state index contributed by atoms with van der Waals surface area (Å²) < 4.78 is 14.9. The molecule has 8 heteroatoms. The molecule has 0 spiro atoms. The molecule has 1 fully saturated rings. The smallest absolute Gasteiger partial charge is 0.412 e. The fraction of sp³-hybridized carbons (Fsp3) is 0.786. The van der Waals surface area contributed by atoms with Crippen LogP contribution in [-0.4, -0.2) is 54.6 Å². The van der Waals surface area contributed by atoms with E-state index in [4.69, 9.17) is 14.2 Å². The van der Waals surface area contributed by atoms with Gasteiger partial charge in [-0.15, -0.1) is 0 Å². The predicted octanol–water partition coefficient (Wildman–Crippen LogP) is 1.63. The van der Waals surface area contributed by atoms with Crippen LogP contribution in [0, 0.1) is 0 Å². The summed E-state index contributed by atoms with van der Waals surface area (Å²) in [5.74, 6) is -0.504. The van der Waals surface area contributed by atoms with Crippen molar-refractivity contribution in [3.8, 4) is 0 Å². The van der Waals surface area contributed by atoms with Crippen LogP contribution in [-0.2, 0) is 19.0 Å². The van der Waals surface area contributed by atoms with Crippen LogP contribution in [0.15, 0.2) is 0 Å². The van der Waals surface area contributed by atoms with Gasteiger partial charge in [0.25, 0.3) is 0 Å². The number of alkyl carbamates (subject to hydrolysis) is 1. The number of esters is 1. The van der Waals surface area contributed by atoms with Crippen LogP contribution in [0.1, 0.15) is 40.5 Å². The number of likely N-dealkylation sites (tertiary alicyclic amines) is 1. The third-order valence-electron chi connectivity index (χ3n) is 3.05. The van der Waals surface area contributed by atoms with Crippen LogP contribution in [0.3, 0.4) is 0 Å². The first-order chi connectivity index (χ1) is 10.4. The molecule has 8 nitrogen and oxygen atoms in total. The number of carbonyl (C=O) groups is 3. The normalized spacial score (nSPS) is 20.7. The Hall–Kier alpha value is -1.99. The Morgan fingerprint density at radius 2 is 1.77 bits per heavy atom. The Balaban J connectivity index is 2.83. The van der Waals surface area contributed by atoms with Crippen molar-refractivity contribution in [3.05, 3.63) is 0 Å². The zero-order chi connectivity index (χ0) is 16.7. The van der Waals surface area contributed by atoms with E-state index in [9.17, 15) is 14.4 Å². The summed E-state index contributed by atoms with van der Waals surface area (Å²) in [6, 6.07) is -0.770. The minimum absolute atomic E-state index is 0.174. The van der Waals surface area contributed by atoms with Crippen molar-refractivity contribution < 1.29 is 28.6 Å². The van der Waals surface area contributed by atoms with Crippen LogP contribution >= 0.6 is 0 Å². The molecular weight excluding hydrogens is 292 g/mol. The Kier molecular flexibility index (Phi) is 6.94. The highest BCUT2D eigenvalue weighted by Crippen LogP contribution is 2.25. The average Bonchev–Trinajstić information content (AvgIpc) is 2.82. The molecule has 0 aromatic heterocycles. The molecule has 1 saturated heterocycles. The molecule has 1 aliphatic heterocycles. The van der Waals surface area contributed by atoms with Gasteiger partial charge in [0.2, 0.25) is 0 Å². The van der Waals surface area contributed by atoms with Gasteiger partial charge in [-0.25, -0.2) is 14.4 Å². The monoisotopic (exact) mass is 316 g/mol. The second-order valence-electron chi connectivity index (χ2n) is 5.07. The third-order valence-corrected chi connectivity index (χ3v) is 3.05. The molecule has 1 N–H and O–H groups in total. The summed E-state index contributed by atoms with van der Waals surface area (Å²) >= 11 is 0. The van der Waals surface area contributed by atoms with E-state index in [2.05, 4.69) is 5.32 Å². The Morgan fingerprint density at radius 1 is 1.14 bits per heavy atom. The molecule has 1 rings (SSSR count). The van der Waals surface area contributed by atoms with E-state index >= 15 is 0 Å². The molecule has 0 aromatic carbocycles. The molecule has 2 amide bonds. The van der Waals surface area contributed by atoms with E-state index in [0.29, 0.717) is 12.8 Å². The molecule has 1 unspecified atom stereocenters. The van der Waals surface area contributed by atoms with E-state index in [-0.39, 0.29) is 19.3 Å². The lowest BCUT2D eigenvalue weighted by molar-refractivity contribution is -0.152. The van der Waals surface area contributed by atoms with E-state index in [1.54, 1.807) is 27.7 Å². The molecule has 0 bridgehead atoms. The van der Waals surface area contributed by atoms with Gasteiger partial charge in [-0.2, -0.15) is 0 Å². The van der Waals surface area contributed by atoms with Crippen LogP contribution < -0.4 is 5.32 Å². The van der Waals surface area contributed by atoms with E-state index in [1.807, 2.05) is 0 Å². The third kappa shape index (κ3) is 4.78. The minimum Gasteiger partial charge on any atom is -0.461 e. The summed E-state index contributed by atoms with van der Waals surface area (Å²) in [5.41, 5.74) is 0. The highest BCUT2D eigenvalue weighted by atomic mass is 16.6. The standard InChI is InChI=1S/C14H24N2O6/c1-5-20-13(18)15-11-8-7-10(12(17)22-9(3)4)16(11)14(19)21-6-2/h9-11H,5-8H2,1-4H3,(H,15,18)/t10-,11?/m0/s1. The Labute approximate surface area is 130 Å². The summed E-state index contributed by atoms with van der Waals surface area (Å²) in [6.07, 6.45) is -1.42. The Bertz CT molecular complexity index is 412. The Morgan fingerprint density at radius 3 is 2.32 bits per heavy atom. The summed E-state index contributed by atoms with van der Waals surface area (Å²) in [5, 5.41) is 2.56. The van der Waals surface area contributed by atoms with Crippen LogP contribution in [0.5, 0.6) is 0 Å². The zero-order valence-corrected chi connectivity index (χ0v) is 13.5. The highest BCUT2D eigenvalue weighted by molar-refractivity contribution is 5.83. The van der Waals surface area contributed by atoms with Crippen molar-refractivity contribution in [3.63, 3.8) is 0 Å². The van der Waals surface area contributed by atoms with Gasteiger partial charge in [-0.1, -0.05) is 0 Å². The maximum Gasteiger partial charge on any atom is 0.412 e. The summed E-state index contributed by atoms with van der Waals surface area (Å²) in [4.78, 5) is 37.0. The molecular formula is C14H24N2O6. The van der Waals surface area contributed by atoms with Crippen LogP contribution in [0.2, 0.25) is 0 Å². The number of rotatable bonds is 5. The largest absolute Gasteiger partial charge is 0.461 e. The van der Waals surface area contributed by atoms with E-state index in [1.165, 1.54) is 4.90 Å². The van der Waals surface area contributed by atoms with E-state index in [0.717, 1.165) is 0 Å². The van der Waals surface area contributed by atoms with Crippen molar-refractivity contribution in [2.75, 3.05) is 13.2 Å². The average molecular weight is 316 g/mol. The van der Waals surface area contributed by atoms with Gasteiger partial charge in [-0.3, -0.25) is 4.90 Å². The highest BCUT2D eigenvalue weighted by Gasteiger charge is 2.43. The van der Waals surface area contributed by atoms with Gasteiger partial charge in [0.05, 0.1) is 19.3 Å². The second-order valence-corrected chi connectivity index (χ2v) is 5.07. The molecule has 1 aliphatic rings.